The first kappa shape index (κ1) is 19.2. The lowest BCUT2D eigenvalue weighted by atomic mass is 9.91. The van der Waals surface area contributed by atoms with Gasteiger partial charge in [0.1, 0.15) is 22.8 Å². The Hall–Kier alpha value is -3.46. The van der Waals surface area contributed by atoms with Crippen LogP contribution in [-0.2, 0) is 0 Å². The van der Waals surface area contributed by atoms with E-state index in [-0.39, 0.29) is 16.8 Å². The molecule has 3 fully saturated rings. The van der Waals surface area contributed by atoms with Crippen molar-refractivity contribution in [3.05, 3.63) is 46.1 Å². The quantitative estimate of drug-likeness (QED) is 0.449. The highest BCUT2D eigenvalue weighted by Gasteiger charge is 2.38. The summed E-state index contributed by atoms with van der Waals surface area (Å²) in [4.78, 5) is 25.4. The molecule has 3 aliphatic rings. The van der Waals surface area contributed by atoms with Crippen molar-refractivity contribution < 1.29 is 4.39 Å². The molecule has 0 spiro atoms. The molecule has 4 aromatic rings. The number of piperidine rings is 2. The van der Waals surface area contributed by atoms with E-state index in [2.05, 4.69) is 32.0 Å². The SMILES string of the molecule is Cc1cc2[nH]c(=O)c(N)c(-c3ccc(F)c4[nH]ncc34)c2nc1N1CC2CCC1CN2C. The number of nitrogen functional groups attached to an aromatic ring is 1. The van der Waals surface area contributed by atoms with E-state index in [1.165, 1.54) is 12.5 Å². The summed E-state index contributed by atoms with van der Waals surface area (Å²) < 4.78 is 14.3. The van der Waals surface area contributed by atoms with Crippen molar-refractivity contribution in [2.75, 3.05) is 30.8 Å². The molecule has 4 N–H and O–H groups in total. The number of fused-ring (bicyclic) bond motifs is 5. The number of aromatic nitrogens is 4. The van der Waals surface area contributed by atoms with Crippen LogP contribution in [0.1, 0.15) is 18.4 Å². The average Bonchev–Trinajstić information content (AvgIpc) is 3.27. The summed E-state index contributed by atoms with van der Waals surface area (Å²) >= 11 is 0. The van der Waals surface area contributed by atoms with E-state index in [4.69, 9.17) is 10.7 Å². The number of benzene rings is 1. The first-order valence-corrected chi connectivity index (χ1v) is 10.8. The van der Waals surface area contributed by atoms with Crippen molar-refractivity contribution in [2.24, 2.45) is 0 Å². The number of aryl methyl sites for hydroxylation is 1. The number of nitrogens with zero attached hydrogens (tertiary/aromatic N) is 4. The van der Waals surface area contributed by atoms with E-state index in [1.807, 2.05) is 13.0 Å². The molecule has 164 valence electrons. The number of piperazine rings is 1. The Kier molecular flexibility index (Phi) is 4.07. The van der Waals surface area contributed by atoms with Gasteiger partial charge in [-0.15, -0.1) is 0 Å². The van der Waals surface area contributed by atoms with E-state index < -0.39 is 5.82 Å². The molecule has 3 saturated heterocycles. The molecule has 3 aromatic heterocycles. The van der Waals surface area contributed by atoms with Crippen molar-refractivity contribution in [3.63, 3.8) is 0 Å². The van der Waals surface area contributed by atoms with Crippen molar-refractivity contribution in [1.82, 2.24) is 25.1 Å². The zero-order valence-electron chi connectivity index (χ0n) is 17.9. The van der Waals surface area contributed by atoms with Crippen molar-refractivity contribution >= 4 is 33.4 Å². The Labute approximate surface area is 183 Å². The molecule has 0 aliphatic carbocycles. The van der Waals surface area contributed by atoms with Crippen LogP contribution in [0.5, 0.6) is 0 Å². The van der Waals surface area contributed by atoms with Crippen LogP contribution in [0.25, 0.3) is 33.1 Å². The standard InChI is InChI=1S/C23H24FN7O/c1-11-7-17-21(28-22(11)31-10-12-3-4-13(31)9-30(12)2)18(19(25)23(32)27-17)14-5-6-16(24)20-15(14)8-26-29-20/h5-8,12-13H,3-4,9-10,25H2,1-2H3,(H,26,29)(H,27,32). The minimum atomic E-state index is -0.410. The molecule has 2 unspecified atom stereocenters. The number of anilines is 2. The summed E-state index contributed by atoms with van der Waals surface area (Å²) in [6.07, 6.45) is 3.89. The summed E-state index contributed by atoms with van der Waals surface area (Å²) in [5.74, 6) is 0.505. The number of nitrogens with one attached hydrogen (secondary N) is 2. The molecular formula is C23H24FN7O. The molecule has 3 aliphatic heterocycles. The lowest BCUT2D eigenvalue weighted by molar-refractivity contribution is 0.124. The number of nitrogens with two attached hydrogens (primary N) is 1. The van der Waals surface area contributed by atoms with Crippen LogP contribution in [0.2, 0.25) is 0 Å². The summed E-state index contributed by atoms with van der Waals surface area (Å²) in [5, 5.41) is 7.24. The predicted octanol–water partition coefficient (Wildman–Crippen LogP) is 2.78. The number of aromatic amines is 2. The molecule has 0 saturated carbocycles. The second kappa shape index (κ2) is 6.77. The van der Waals surface area contributed by atoms with Crippen LogP contribution in [0.15, 0.2) is 29.2 Å². The Bertz CT molecular complexity index is 1440. The van der Waals surface area contributed by atoms with Crippen LogP contribution in [0.3, 0.4) is 0 Å². The monoisotopic (exact) mass is 433 g/mol. The van der Waals surface area contributed by atoms with Gasteiger partial charge in [0.15, 0.2) is 0 Å². The predicted molar refractivity (Wildman–Crippen MR) is 123 cm³/mol. The molecule has 1 aromatic carbocycles. The van der Waals surface area contributed by atoms with Crippen LogP contribution in [0.4, 0.5) is 15.9 Å². The third-order valence-corrected chi connectivity index (χ3v) is 7.09. The molecule has 0 amide bonds. The molecule has 2 bridgehead atoms. The second-order valence-corrected chi connectivity index (χ2v) is 9.00. The fraction of sp³-hybridized carbons (Fsp3) is 0.348. The molecule has 6 heterocycles. The summed E-state index contributed by atoms with van der Waals surface area (Å²) in [7, 11) is 2.18. The van der Waals surface area contributed by atoms with E-state index in [1.54, 1.807) is 12.3 Å². The Morgan fingerprint density at radius 2 is 2.03 bits per heavy atom. The first-order chi connectivity index (χ1) is 15.4. The molecular weight excluding hydrogens is 409 g/mol. The zero-order chi connectivity index (χ0) is 22.1. The Morgan fingerprint density at radius 3 is 2.78 bits per heavy atom. The maximum Gasteiger partial charge on any atom is 0.272 e. The number of likely N-dealkylation sites (N-methyl/N-ethyl adjacent to an activating group) is 1. The van der Waals surface area contributed by atoms with Gasteiger partial charge < -0.3 is 15.6 Å². The van der Waals surface area contributed by atoms with Gasteiger partial charge in [-0.25, -0.2) is 9.37 Å². The highest BCUT2D eigenvalue weighted by atomic mass is 19.1. The lowest BCUT2D eigenvalue weighted by Crippen LogP contribution is -2.61. The highest BCUT2D eigenvalue weighted by Crippen LogP contribution is 2.38. The number of rotatable bonds is 2. The summed E-state index contributed by atoms with van der Waals surface area (Å²) in [6.45, 7) is 3.96. The average molecular weight is 433 g/mol. The normalized spacial score (nSPS) is 21.2. The molecule has 8 nitrogen and oxygen atoms in total. The van der Waals surface area contributed by atoms with Gasteiger partial charge in [0.05, 0.1) is 17.2 Å². The van der Waals surface area contributed by atoms with Crippen LogP contribution in [-0.4, -0.2) is 57.3 Å². The van der Waals surface area contributed by atoms with Gasteiger partial charge in [-0.05, 0) is 50.1 Å². The van der Waals surface area contributed by atoms with E-state index >= 15 is 0 Å². The summed E-state index contributed by atoms with van der Waals surface area (Å²) in [5.41, 5.74) is 9.61. The third kappa shape index (κ3) is 2.67. The fourth-order valence-corrected chi connectivity index (χ4v) is 5.40. The van der Waals surface area contributed by atoms with E-state index in [9.17, 15) is 9.18 Å². The van der Waals surface area contributed by atoms with Gasteiger partial charge in [0.25, 0.3) is 5.56 Å². The molecule has 2 atom stereocenters. The number of H-pyrrole nitrogens is 2. The van der Waals surface area contributed by atoms with E-state index in [0.29, 0.717) is 39.6 Å². The van der Waals surface area contributed by atoms with Gasteiger partial charge in [-0.1, -0.05) is 6.07 Å². The van der Waals surface area contributed by atoms with Gasteiger partial charge in [-0.3, -0.25) is 14.8 Å². The largest absolute Gasteiger partial charge is 0.394 e. The van der Waals surface area contributed by atoms with Crippen molar-refractivity contribution in [1.29, 1.82) is 0 Å². The van der Waals surface area contributed by atoms with Crippen LogP contribution < -0.4 is 16.2 Å². The highest BCUT2D eigenvalue weighted by molar-refractivity contribution is 6.06. The molecule has 32 heavy (non-hydrogen) atoms. The smallest absolute Gasteiger partial charge is 0.272 e. The molecule has 0 radical (unpaired) electrons. The zero-order valence-corrected chi connectivity index (χ0v) is 17.9. The van der Waals surface area contributed by atoms with Gasteiger partial charge in [0.2, 0.25) is 0 Å². The number of hydrogen-bond acceptors (Lipinski definition) is 6. The maximum atomic E-state index is 14.3. The first-order valence-electron chi connectivity index (χ1n) is 10.8. The van der Waals surface area contributed by atoms with E-state index in [0.717, 1.165) is 30.9 Å². The summed E-state index contributed by atoms with van der Waals surface area (Å²) in [6, 6.07) is 5.88. The minimum Gasteiger partial charge on any atom is -0.394 e. The van der Waals surface area contributed by atoms with Crippen LogP contribution >= 0.6 is 0 Å². The van der Waals surface area contributed by atoms with Gasteiger partial charge >= 0.3 is 0 Å². The lowest BCUT2D eigenvalue weighted by Gasteiger charge is -2.51. The molecule has 7 rings (SSSR count). The Balaban J connectivity index is 1.61. The van der Waals surface area contributed by atoms with Crippen molar-refractivity contribution in [2.45, 2.75) is 31.8 Å². The number of halogens is 1. The number of hydrogen-bond donors (Lipinski definition) is 3. The second-order valence-electron chi connectivity index (χ2n) is 9.00. The fourth-order valence-electron chi connectivity index (χ4n) is 5.40. The van der Waals surface area contributed by atoms with Crippen molar-refractivity contribution in [3.8, 4) is 11.1 Å². The third-order valence-electron chi connectivity index (χ3n) is 7.09. The maximum absolute atomic E-state index is 14.3. The Morgan fingerprint density at radius 1 is 1.22 bits per heavy atom. The molecule has 9 heteroatoms. The van der Waals surface area contributed by atoms with Gasteiger partial charge in [0, 0.05) is 36.1 Å². The minimum absolute atomic E-state index is 0.0637. The topological polar surface area (TPSA) is 107 Å². The van der Waals surface area contributed by atoms with Crippen LogP contribution in [0, 0.1) is 12.7 Å². The number of pyridine rings is 2. The van der Waals surface area contributed by atoms with Gasteiger partial charge in [-0.2, -0.15) is 5.10 Å².